The molecule has 1 saturated heterocycles. The van der Waals surface area contributed by atoms with Crippen LogP contribution in [0.25, 0.3) is 0 Å². The summed E-state index contributed by atoms with van der Waals surface area (Å²) < 4.78 is 0. The highest BCUT2D eigenvalue weighted by Crippen LogP contribution is 2.23. The van der Waals surface area contributed by atoms with Gasteiger partial charge in [0.25, 0.3) is 0 Å². The molecule has 16 heavy (non-hydrogen) atoms. The molecule has 0 aromatic rings. The molecule has 1 aliphatic rings. The number of hydrogen-bond donors (Lipinski definition) is 4. The third-order valence-corrected chi connectivity index (χ3v) is 3.07. The van der Waals surface area contributed by atoms with Gasteiger partial charge in [0.15, 0.2) is 0 Å². The summed E-state index contributed by atoms with van der Waals surface area (Å²) in [7, 11) is 0. The van der Waals surface area contributed by atoms with Crippen LogP contribution in [0.15, 0.2) is 0 Å². The van der Waals surface area contributed by atoms with Gasteiger partial charge in [-0.25, -0.2) is 4.79 Å². The molecule has 1 heterocycles. The van der Waals surface area contributed by atoms with E-state index in [4.69, 9.17) is 10.2 Å². The van der Waals surface area contributed by atoms with Gasteiger partial charge >= 0.3 is 5.97 Å². The van der Waals surface area contributed by atoms with Gasteiger partial charge in [0.05, 0.1) is 12.1 Å². The first-order chi connectivity index (χ1) is 7.55. The number of carbonyl (C=O) groups excluding carboxylic acids is 1. The van der Waals surface area contributed by atoms with Crippen LogP contribution in [0.3, 0.4) is 0 Å². The van der Waals surface area contributed by atoms with E-state index in [0.29, 0.717) is 12.8 Å². The molecule has 6 nitrogen and oxygen atoms in total. The second-order valence-corrected chi connectivity index (χ2v) is 4.01. The van der Waals surface area contributed by atoms with Crippen molar-refractivity contribution in [2.75, 3.05) is 13.2 Å². The zero-order valence-electron chi connectivity index (χ0n) is 9.32. The lowest BCUT2D eigenvalue weighted by Crippen LogP contribution is -2.57. The molecular weight excluding hydrogens is 212 g/mol. The second kappa shape index (κ2) is 5.27. The molecule has 0 aliphatic carbocycles. The van der Waals surface area contributed by atoms with Gasteiger partial charge in [-0.05, 0) is 25.8 Å². The lowest BCUT2D eigenvalue weighted by molar-refractivity contribution is -0.144. The van der Waals surface area contributed by atoms with Gasteiger partial charge in [-0.1, -0.05) is 6.92 Å². The molecular formula is C10H18N2O4. The number of hydrogen-bond acceptors (Lipinski definition) is 4. The fourth-order valence-electron chi connectivity index (χ4n) is 1.94. The Labute approximate surface area is 94.0 Å². The molecule has 1 rings (SSSR count). The summed E-state index contributed by atoms with van der Waals surface area (Å²) in [6.07, 6.45) is 2.21. The number of carbonyl (C=O) groups is 2. The van der Waals surface area contributed by atoms with E-state index in [9.17, 15) is 9.59 Å². The summed E-state index contributed by atoms with van der Waals surface area (Å²) in [5, 5.41) is 23.0. The minimum Gasteiger partial charge on any atom is -0.480 e. The van der Waals surface area contributed by atoms with Crippen LogP contribution in [0.1, 0.15) is 26.2 Å². The molecule has 0 aromatic carbocycles. The minimum absolute atomic E-state index is 0.339. The average Bonchev–Trinajstić information content (AvgIpc) is 2.74. The normalized spacial score (nSPS) is 26.4. The fraction of sp³-hybridized carbons (Fsp3) is 0.800. The molecule has 1 fully saturated rings. The van der Waals surface area contributed by atoms with E-state index < -0.39 is 24.2 Å². The first-order valence-electron chi connectivity index (χ1n) is 5.45. The van der Waals surface area contributed by atoms with E-state index in [0.717, 1.165) is 13.0 Å². The van der Waals surface area contributed by atoms with Crippen molar-refractivity contribution in [2.45, 2.75) is 37.8 Å². The maximum Gasteiger partial charge on any atom is 0.328 e. The highest BCUT2D eigenvalue weighted by Gasteiger charge is 2.40. The van der Waals surface area contributed by atoms with Crippen molar-refractivity contribution in [2.24, 2.45) is 0 Å². The summed E-state index contributed by atoms with van der Waals surface area (Å²) in [6, 6.07) is -1.22. The van der Waals surface area contributed by atoms with E-state index in [1.807, 2.05) is 6.92 Å². The van der Waals surface area contributed by atoms with Crippen LogP contribution in [0.4, 0.5) is 0 Å². The van der Waals surface area contributed by atoms with Gasteiger partial charge in [0.2, 0.25) is 5.91 Å². The summed E-state index contributed by atoms with van der Waals surface area (Å²) in [4.78, 5) is 22.6. The van der Waals surface area contributed by atoms with Crippen molar-refractivity contribution in [3.8, 4) is 0 Å². The summed E-state index contributed by atoms with van der Waals surface area (Å²) >= 11 is 0. The van der Waals surface area contributed by atoms with Crippen LogP contribution < -0.4 is 10.6 Å². The SMILES string of the molecule is CCC1(C(=O)N[C@@H](CO)C(=O)O)CCCN1. The third-order valence-electron chi connectivity index (χ3n) is 3.07. The Morgan fingerprint density at radius 1 is 1.56 bits per heavy atom. The van der Waals surface area contributed by atoms with Crippen LogP contribution in [0.2, 0.25) is 0 Å². The van der Waals surface area contributed by atoms with Crippen LogP contribution >= 0.6 is 0 Å². The van der Waals surface area contributed by atoms with E-state index in [-0.39, 0.29) is 5.91 Å². The molecule has 4 N–H and O–H groups in total. The Kier molecular flexibility index (Phi) is 4.26. The van der Waals surface area contributed by atoms with Crippen molar-refractivity contribution < 1.29 is 19.8 Å². The molecule has 0 radical (unpaired) electrons. The average molecular weight is 230 g/mol. The Bertz CT molecular complexity index is 274. The third kappa shape index (κ3) is 2.51. The molecule has 0 aromatic heterocycles. The topological polar surface area (TPSA) is 98.7 Å². The van der Waals surface area contributed by atoms with Crippen LogP contribution in [-0.4, -0.2) is 46.8 Å². The Morgan fingerprint density at radius 2 is 2.25 bits per heavy atom. The monoisotopic (exact) mass is 230 g/mol. The lowest BCUT2D eigenvalue weighted by Gasteiger charge is -2.28. The molecule has 6 heteroatoms. The van der Waals surface area contributed by atoms with Gasteiger partial charge in [-0.2, -0.15) is 0 Å². The number of amides is 1. The lowest BCUT2D eigenvalue weighted by atomic mass is 9.93. The molecule has 1 amide bonds. The van der Waals surface area contributed by atoms with Crippen LogP contribution in [0, 0.1) is 0 Å². The Balaban J connectivity index is 2.65. The van der Waals surface area contributed by atoms with Gasteiger partial charge in [-0.3, -0.25) is 4.79 Å². The second-order valence-electron chi connectivity index (χ2n) is 4.01. The largest absolute Gasteiger partial charge is 0.480 e. The zero-order chi connectivity index (χ0) is 12.2. The predicted octanol–water partition coefficient (Wildman–Crippen LogP) is -0.920. The Hall–Kier alpha value is -1.14. The highest BCUT2D eigenvalue weighted by atomic mass is 16.4. The molecule has 92 valence electrons. The number of carboxylic acids is 1. The predicted molar refractivity (Wildman–Crippen MR) is 56.9 cm³/mol. The number of rotatable bonds is 5. The number of aliphatic hydroxyl groups is 1. The molecule has 1 unspecified atom stereocenters. The molecule has 0 bridgehead atoms. The number of carboxylic acid groups (broad SMARTS) is 1. The van der Waals surface area contributed by atoms with Crippen molar-refractivity contribution in [1.82, 2.24) is 10.6 Å². The standard InChI is InChI=1S/C10H18N2O4/c1-2-10(4-3-5-11-10)9(16)12-7(6-13)8(14)15/h7,11,13H,2-6H2,1H3,(H,12,16)(H,14,15)/t7-,10?/m0/s1. The van der Waals surface area contributed by atoms with Crippen molar-refractivity contribution in [1.29, 1.82) is 0 Å². The van der Waals surface area contributed by atoms with Crippen molar-refractivity contribution in [3.05, 3.63) is 0 Å². The van der Waals surface area contributed by atoms with Gasteiger partial charge in [-0.15, -0.1) is 0 Å². The fourth-order valence-corrected chi connectivity index (χ4v) is 1.94. The number of aliphatic hydroxyl groups excluding tert-OH is 1. The van der Waals surface area contributed by atoms with E-state index >= 15 is 0 Å². The van der Waals surface area contributed by atoms with Gasteiger partial charge < -0.3 is 20.8 Å². The Morgan fingerprint density at radius 3 is 2.62 bits per heavy atom. The minimum atomic E-state index is -1.22. The summed E-state index contributed by atoms with van der Waals surface area (Å²) in [5.74, 6) is -1.56. The maximum absolute atomic E-state index is 11.9. The summed E-state index contributed by atoms with van der Waals surface area (Å²) in [6.45, 7) is 2.05. The van der Waals surface area contributed by atoms with E-state index in [1.54, 1.807) is 0 Å². The highest BCUT2D eigenvalue weighted by molar-refractivity contribution is 5.90. The molecule has 0 spiro atoms. The van der Waals surface area contributed by atoms with Crippen molar-refractivity contribution >= 4 is 11.9 Å². The smallest absolute Gasteiger partial charge is 0.328 e. The van der Waals surface area contributed by atoms with Crippen molar-refractivity contribution in [3.63, 3.8) is 0 Å². The first-order valence-corrected chi connectivity index (χ1v) is 5.45. The maximum atomic E-state index is 11.9. The zero-order valence-corrected chi connectivity index (χ0v) is 9.32. The summed E-state index contributed by atoms with van der Waals surface area (Å²) in [5.41, 5.74) is -0.664. The molecule has 1 aliphatic heterocycles. The molecule has 2 atom stereocenters. The molecule has 0 saturated carbocycles. The van der Waals surface area contributed by atoms with E-state index in [1.165, 1.54) is 0 Å². The number of aliphatic carboxylic acids is 1. The quantitative estimate of drug-likeness (QED) is 0.489. The first kappa shape index (κ1) is 12.9. The van der Waals surface area contributed by atoms with Crippen LogP contribution in [0.5, 0.6) is 0 Å². The van der Waals surface area contributed by atoms with Gasteiger partial charge in [0.1, 0.15) is 6.04 Å². The van der Waals surface area contributed by atoms with Gasteiger partial charge in [0, 0.05) is 0 Å². The van der Waals surface area contributed by atoms with Crippen LogP contribution in [-0.2, 0) is 9.59 Å². The van der Waals surface area contributed by atoms with E-state index in [2.05, 4.69) is 10.6 Å². The number of nitrogens with one attached hydrogen (secondary N) is 2.